The van der Waals surface area contributed by atoms with E-state index in [2.05, 4.69) is 31.3 Å². The third-order valence-corrected chi connectivity index (χ3v) is 3.89. The Hall–Kier alpha value is -1.06. The summed E-state index contributed by atoms with van der Waals surface area (Å²) in [4.78, 5) is 0. The van der Waals surface area contributed by atoms with Crippen molar-refractivity contribution in [3.63, 3.8) is 0 Å². The highest BCUT2D eigenvalue weighted by molar-refractivity contribution is 5.39. The fourth-order valence-corrected chi connectivity index (χ4v) is 2.77. The third-order valence-electron chi connectivity index (χ3n) is 3.89. The Morgan fingerprint density at radius 3 is 2.58 bits per heavy atom. The molecule has 0 saturated heterocycles. The van der Waals surface area contributed by atoms with Crippen LogP contribution in [0.2, 0.25) is 0 Å². The maximum Gasteiger partial charge on any atom is 0.125 e. The van der Waals surface area contributed by atoms with Crippen LogP contribution in [0.5, 0.6) is 5.75 Å². The van der Waals surface area contributed by atoms with Crippen LogP contribution < -0.4 is 10.1 Å². The van der Waals surface area contributed by atoms with E-state index in [0.717, 1.165) is 31.6 Å². The number of aliphatic hydroxyl groups excluding tert-OH is 1. The molecule has 2 rings (SSSR count). The van der Waals surface area contributed by atoms with Gasteiger partial charge in [-0.05, 0) is 37.8 Å². The Morgan fingerprint density at radius 1 is 1.21 bits per heavy atom. The highest BCUT2D eigenvalue weighted by Gasteiger charge is 2.21. The van der Waals surface area contributed by atoms with Crippen molar-refractivity contribution < 1.29 is 9.84 Å². The number of benzene rings is 1. The topological polar surface area (TPSA) is 41.5 Å². The summed E-state index contributed by atoms with van der Waals surface area (Å²) in [5.74, 6) is 0.994. The molecule has 106 valence electrons. The van der Waals surface area contributed by atoms with Gasteiger partial charge < -0.3 is 15.2 Å². The maximum absolute atomic E-state index is 9.87. The molecule has 19 heavy (non-hydrogen) atoms. The highest BCUT2D eigenvalue weighted by Crippen LogP contribution is 2.22. The van der Waals surface area contributed by atoms with E-state index in [1.165, 1.54) is 17.5 Å². The fourth-order valence-electron chi connectivity index (χ4n) is 2.77. The number of hydrogen-bond donors (Lipinski definition) is 2. The predicted octanol–water partition coefficient (Wildman–Crippen LogP) is 2.58. The molecule has 1 aliphatic carbocycles. The zero-order valence-electron chi connectivity index (χ0n) is 12.0. The number of aryl methyl sites for hydroxylation is 2. The first-order chi connectivity index (χ1) is 9.18. The van der Waals surface area contributed by atoms with Gasteiger partial charge in [0, 0.05) is 12.6 Å². The minimum Gasteiger partial charge on any atom is -0.492 e. The summed E-state index contributed by atoms with van der Waals surface area (Å²) in [6, 6.07) is 6.44. The summed E-state index contributed by atoms with van der Waals surface area (Å²) in [5.41, 5.74) is 2.36. The molecule has 0 aliphatic heterocycles. The number of rotatable bonds is 5. The lowest BCUT2D eigenvalue weighted by Gasteiger charge is -2.28. The van der Waals surface area contributed by atoms with E-state index >= 15 is 0 Å². The van der Waals surface area contributed by atoms with Gasteiger partial charge in [-0.2, -0.15) is 0 Å². The average molecular weight is 263 g/mol. The molecule has 0 radical (unpaired) electrons. The van der Waals surface area contributed by atoms with Gasteiger partial charge in [-0.3, -0.25) is 0 Å². The van der Waals surface area contributed by atoms with Gasteiger partial charge in [0.2, 0.25) is 0 Å². The Bertz CT molecular complexity index is 385. The second-order valence-corrected chi connectivity index (χ2v) is 5.48. The van der Waals surface area contributed by atoms with Crippen molar-refractivity contribution >= 4 is 0 Å². The van der Waals surface area contributed by atoms with Crippen LogP contribution in [0, 0.1) is 13.8 Å². The first-order valence-corrected chi connectivity index (χ1v) is 7.29. The normalized spacial score (nSPS) is 23.3. The van der Waals surface area contributed by atoms with Crippen LogP contribution in [0.1, 0.15) is 36.8 Å². The summed E-state index contributed by atoms with van der Waals surface area (Å²) in [7, 11) is 0. The van der Waals surface area contributed by atoms with Crippen molar-refractivity contribution in [2.24, 2.45) is 0 Å². The molecule has 1 fully saturated rings. The zero-order valence-corrected chi connectivity index (χ0v) is 12.0. The fraction of sp³-hybridized carbons (Fsp3) is 0.625. The summed E-state index contributed by atoms with van der Waals surface area (Å²) in [6.45, 7) is 5.58. The first-order valence-electron chi connectivity index (χ1n) is 7.29. The highest BCUT2D eigenvalue weighted by atomic mass is 16.5. The Morgan fingerprint density at radius 2 is 1.89 bits per heavy atom. The molecule has 0 amide bonds. The summed E-state index contributed by atoms with van der Waals surface area (Å²) in [5, 5.41) is 13.3. The van der Waals surface area contributed by atoms with Crippen LogP contribution in [0.15, 0.2) is 18.2 Å². The molecule has 0 spiro atoms. The second-order valence-electron chi connectivity index (χ2n) is 5.48. The monoisotopic (exact) mass is 263 g/mol. The van der Waals surface area contributed by atoms with Crippen LogP contribution in [0.4, 0.5) is 0 Å². The minimum absolute atomic E-state index is 0.186. The van der Waals surface area contributed by atoms with Crippen molar-refractivity contribution in [1.82, 2.24) is 5.32 Å². The number of aliphatic hydroxyl groups is 1. The Kier molecular flexibility index (Phi) is 5.23. The Labute approximate surface area is 116 Å². The van der Waals surface area contributed by atoms with E-state index in [0.29, 0.717) is 6.61 Å². The van der Waals surface area contributed by atoms with E-state index in [1.54, 1.807) is 0 Å². The molecule has 3 nitrogen and oxygen atoms in total. The van der Waals surface area contributed by atoms with E-state index in [9.17, 15) is 5.11 Å². The van der Waals surface area contributed by atoms with Gasteiger partial charge in [0.1, 0.15) is 12.4 Å². The minimum atomic E-state index is -0.186. The summed E-state index contributed by atoms with van der Waals surface area (Å²) in [6.07, 6.45) is 4.18. The number of hydrogen-bond acceptors (Lipinski definition) is 3. The lowest BCUT2D eigenvalue weighted by molar-refractivity contribution is 0.0890. The van der Waals surface area contributed by atoms with Gasteiger partial charge in [0.25, 0.3) is 0 Å². The van der Waals surface area contributed by atoms with Gasteiger partial charge in [0.05, 0.1) is 6.10 Å². The van der Waals surface area contributed by atoms with Crippen molar-refractivity contribution in [2.45, 2.75) is 51.7 Å². The van der Waals surface area contributed by atoms with Crippen LogP contribution in [0.25, 0.3) is 0 Å². The molecule has 0 bridgehead atoms. The van der Waals surface area contributed by atoms with E-state index < -0.39 is 0 Å². The van der Waals surface area contributed by atoms with Crippen molar-refractivity contribution in [3.05, 3.63) is 29.3 Å². The molecule has 0 aromatic heterocycles. The van der Waals surface area contributed by atoms with Crippen LogP contribution in [-0.2, 0) is 0 Å². The van der Waals surface area contributed by atoms with Crippen LogP contribution in [0.3, 0.4) is 0 Å². The van der Waals surface area contributed by atoms with Crippen LogP contribution in [-0.4, -0.2) is 30.4 Å². The van der Waals surface area contributed by atoms with Crippen molar-refractivity contribution in [2.75, 3.05) is 13.2 Å². The molecule has 0 heterocycles. The van der Waals surface area contributed by atoms with E-state index in [4.69, 9.17) is 4.74 Å². The molecule has 3 heteroatoms. The SMILES string of the molecule is Cc1cccc(C)c1OCCN[C@@H]1CCCC[C@H]1O. The predicted molar refractivity (Wildman–Crippen MR) is 77.7 cm³/mol. The van der Waals surface area contributed by atoms with E-state index in [1.807, 2.05) is 6.07 Å². The van der Waals surface area contributed by atoms with Gasteiger partial charge in [-0.15, -0.1) is 0 Å². The molecule has 1 aromatic carbocycles. The molecule has 1 aromatic rings. The maximum atomic E-state index is 9.87. The van der Waals surface area contributed by atoms with Crippen molar-refractivity contribution in [1.29, 1.82) is 0 Å². The zero-order chi connectivity index (χ0) is 13.7. The van der Waals surface area contributed by atoms with Gasteiger partial charge in [-0.1, -0.05) is 31.0 Å². The lowest BCUT2D eigenvalue weighted by atomic mass is 9.93. The molecule has 2 N–H and O–H groups in total. The molecule has 0 unspecified atom stereocenters. The molecular formula is C16H25NO2. The number of para-hydroxylation sites is 1. The largest absolute Gasteiger partial charge is 0.492 e. The van der Waals surface area contributed by atoms with Crippen LogP contribution >= 0.6 is 0 Å². The average Bonchev–Trinajstić information content (AvgIpc) is 2.39. The van der Waals surface area contributed by atoms with Gasteiger partial charge in [0.15, 0.2) is 0 Å². The van der Waals surface area contributed by atoms with Gasteiger partial charge in [-0.25, -0.2) is 0 Å². The van der Waals surface area contributed by atoms with Crippen molar-refractivity contribution in [3.8, 4) is 5.75 Å². The summed E-state index contributed by atoms with van der Waals surface area (Å²) >= 11 is 0. The molecule has 1 aliphatic rings. The quantitative estimate of drug-likeness (QED) is 0.802. The summed E-state index contributed by atoms with van der Waals surface area (Å²) < 4.78 is 5.85. The number of ether oxygens (including phenoxy) is 1. The lowest BCUT2D eigenvalue weighted by Crippen LogP contribution is -2.43. The number of nitrogens with one attached hydrogen (secondary N) is 1. The van der Waals surface area contributed by atoms with Gasteiger partial charge >= 0.3 is 0 Å². The second kappa shape index (κ2) is 6.92. The Balaban J connectivity index is 1.74. The third kappa shape index (κ3) is 3.95. The first kappa shape index (κ1) is 14.4. The molecular weight excluding hydrogens is 238 g/mol. The molecule has 1 saturated carbocycles. The standard InChI is InChI=1S/C16H25NO2/c1-12-6-5-7-13(2)16(12)19-11-10-17-14-8-3-4-9-15(14)18/h5-7,14-15,17-18H,3-4,8-11H2,1-2H3/t14-,15-/m1/s1. The molecule has 2 atom stereocenters. The smallest absolute Gasteiger partial charge is 0.125 e. The van der Waals surface area contributed by atoms with E-state index in [-0.39, 0.29) is 12.1 Å².